The molecule has 1 fully saturated rings. The van der Waals surface area contributed by atoms with Gasteiger partial charge in [0.05, 0.1) is 25.5 Å². The van der Waals surface area contributed by atoms with Gasteiger partial charge in [0.2, 0.25) is 11.8 Å². The quantitative estimate of drug-likeness (QED) is 0.433. The number of hydrogen-bond acceptors (Lipinski definition) is 6. The third-order valence-electron chi connectivity index (χ3n) is 6.33. The van der Waals surface area contributed by atoms with Crippen LogP contribution in [0.25, 0.3) is 0 Å². The number of unbranched alkanes of at least 4 members (excludes halogenated alkanes) is 1. The van der Waals surface area contributed by atoms with Crippen LogP contribution in [0.3, 0.4) is 0 Å². The number of nitrogens with zero attached hydrogens (tertiary/aromatic N) is 3. The Kier molecular flexibility index (Phi) is 6.87. The Balaban J connectivity index is 1.26. The van der Waals surface area contributed by atoms with Gasteiger partial charge in [0.25, 0.3) is 0 Å². The highest BCUT2D eigenvalue weighted by molar-refractivity contribution is 5.85. The first-order valence-corrected chi connectivity index (χ1v) is 11.3. The second kappa shape index (κ2) is 9.97. The maximum absolute atomic E-state index is 12.8. The highest BCUT2D eigenvalue weighted by Gasteiger charge is 2.41. The maximum Gasteiger partial charge on any atom is 0.305 e. The van der Waals surface area contributed by atoms with Crippen LogP contribution in [0, 0.1) is 5.92 Å². The number of aryl methyl sites for hydroxylation is 2. The molecular weight excluding hydrogens is 408 g/mol. The highest BCUT2D eigenvalue weighted by atomic mass is 16.5. The minimum absolute atomic E-state index is 0.0307. The molecule has 8 nitrogen and oxygen atoms in total. The van der Waals surface area contributed by atoms with Crippen molar-refractivity contribution in [2.75, 3.05) is 25.5 Å². The number of fused-ring (bicyclic) bond motifs is 1. The van der Waals surface area contributed by atoms with E-state index in [1.165, 1.54) is 12.7 Å². The molecule has 2 N–H and O–H groups in total. The number of carboxylic acid groups (broad SMARTS) is 1. The van der Waals surface area contributed by atoms with Gasteiger partial charge in [0.1, 0.15) is 5.82 Å². The molecule has 2 aliphatic heterocycles. The molecule has 0 aromatic carbocycles. The van der Waals surface area contributed by atoms with Crippen LogP contribution in [0.5, 0.6) is 5.88 Å². The molecule has 1 unspecified atom stereocenters. The van der Waals surface area contributed by atoms with Crippen LogP contribution in [0.2, 0.25) is 0 Å². The molecular formula is C24H30N4O4. The number of aliphatic carboxylic acids is 1. The lowest BCUT2D eigenvalue weighted by molar-refractivity contribution is -0.154. The SMILES string of the molecule is COc1ccc([C@H](CC(=O)O)N2CC(CCCCc3ccc4c(n3)NCCC4)C2=O)cn1. The van der Waals surface area contributed by atoms with Gasteiger partial charge < -0.3 is 20.1 Å². The zero-order valence-corrected chi connectivity index (χ0v) is 18.4. The smallest absolute Gasteiger partial charge is 0.305 e. The van der Waals surface area contributed by atoms with Gasteiger partial charge in [-0.05, 0) is 49.3 Å². The molecule has 2 aliphatic rings. The van der Waals surface area contributed by atoms with Crippen LogP contribution in [-0.4, -0.2) is 52.1 Å². The third-order valence-corrected chi connectivity index (χ3v) is 6.33. The van der Waals surface area contributed by atoms with E-state index in [4.69, 9.17) is 9.72 Å². The van der Waals surface area contributed by atoms with E-state index in [1.54, 1.807) is 23.2 Å². The molecule has 0 saturated carbocycles. The first kappa shape index (κ1) is 22.0. The molecule has 0 bridgehead atoms. The van der Waals surface area contributed by atoms with Crippen LogP contribution < -0.4 is 10.1 Å². The average Bonchev–Trinajstić information content (AvgIpc) is 2.81. The van der Waals surface area contributed by atoms with Gasteiger partial charge in [-0.3, -0.25) is 9.59 Å². The summed E-state index contributed by atoms with van der Waals surface area (Å²) in [4.78, 5) is 34.7. The lowest BCUT2D eigenvalue weighted by Gasteiger charge is -2.43. The van der Waals surface area contributed by atoms with Crippen molar-refractivity contribution in [1.29, 1.82) is 0 Å². The van der Waals surface area contributed by atoms with Gasteiger partial charge in [0.15, 0.2) is 0 Å². The number of nitrogens with one attached hydrogen (secondary N) is 1. The van der Waals surface area contributed by atoms with Gasteiger partial charge in [-0.1, -0.05) is 18.6 Å². The maximum atomic E-state index is 12.8. The standard InChI is InChI=1S/C24H30N4O4/c1-32-21-11-9-17(14-26-21)20(13-22(29)30)28-15-18(24(28)31)5-2-3-7-19-10-8-16-6-4-12-25-23(16)27-19/h8-11,14,18,20H,2-7,12-13,15H2,1H3,(H,25,27)(H,29,30)/t18?,20-/m0/s1. The summed E-state index contributed by atoms with van der Waals surface area (Å²) >= 11 is 0. The Morgan fingerprint density at radius 1 is 1.31 bits per heavy atom. The van der Waals surface area contributed by atoms with Crippen molar-refractivity contribution >= 4 is 17.7 Å². The number of anilines is 1. The van der Waals surface area contributed by atoms with Gasteiger partial charge >= 0.3 is 5.97 Å². The fourth-order valence-corrected chi connectivity index (χ4v) is 4.51. The number of likely N-dealkylation sites (tertiary alicyclic amines) is 1. The monoisotopic (exact) mass is 438 g/mol. The third kappa shape index (κ3) is 5.00. The molecule has 4 heterocycles. The molecule has 0 radical (unpaired) electrons. The van der Waals surface area contributed by atoms with E-state index in [9.17, 15) is 14.7 Å². The second-order valence-corrected chi connectivity index (χ2v) is 8.52. The summed E-state index contributed by atoms with van der Waals surface area (Å²) in [7, 11) is 1.53. The molecule has 0 spiro atoms. The number of methoxy groups -OCH3 is 1. The van der Waals surface area contributed by atoms with Crippen LogP contribution in [0.1, 0.15) is 55.0 Å². The number of carbonyl (C=O) groups excluding carboxylic acids is 1. The van der Waals surface area contributed by atoms with Gasteiger partial charge in [-0.15, -0.1) is 0 Å². The minimum atomic E-state index is -0.936. The van der Waals surface area contributed by atoms with Crippen LogP contribution in [0.4, 0.5) is 5.82 Å². The fourth-order valence-electron chi connectivity index (χ4n) is 4.51. The summed E-state index contributed by atoms with van der Waals surface area (Å²) in [5.74, 6) is 0.545. The van der Waals surface area contributed by atoms with E-state index in [0.29, 0.717) is 18.0 Å². The lowest BCUT2D eigenvalue weighted by atomic mass is 9.88. The second-order valence-electron chi connectivity index (χ2n) is 8.52. The number of pyridine rings is 2. The van der Waals surface area contributed by atoms with Gasteiger partial charge in [-0.2, -0.15) is 0 Å². The topological polar surface area (TPSA) is 105 Å². The predicted molar refractivity (Wildman–Crippen MR) is 120 cm³/mol. The number of carboxylic acids is 1. The van der Waals surface area contributed by atoms with E-state index in [-0.39, 0.29) is 18.2 Å². The van der Waals surface area contributed by atoms with Crippen molar-refractivity contribution in [3.05, 3.63) is 47.3 Å². The van der Waals surface area contributed by atoms with E-state index in [2.05, 4.69) is 22.4 Å². The number of β-lactam (4-membered cyclic amide) rings is 1. The number of aromatic nitrogens is 2. The summed E-state index contributed by atoms with van der Waals surface area (Å²) < 4.78 is 5.07. The summed E-state index contributed by atoms with van der Waals surface area (Å²) in [6.07, 6.45) is 7.35. The molecule has 4 rings (SSSR count). The molecule has 32 heavy (non-hydrogen) atoms. The fraction of sp³-hybridized carbons (Fsp3) is 0.500. The molecule has 2 atom stereocenters. The number of ether oxygens (including phenoxy) is 1. The van der Waals surface area contributed by atoms with Crippen molar-refractivity contribution in [3.8, 4) is 5.88 Å². The number of hydrogen-bond donors (Lipinski definition) is 2. The van der Waals surface area contributed by atoms with Crippen molar-refractivity contribution in [2.24, 2.45) is 5.92 Å². The predicted octanol–water partition coefficient (Wildman–Crippen LogP) is 3.23. The average molecular weight is 439 g/mol. The first-order chi connectivity index (χ1) is 15.5. The molecule has 8 heteroatoms. The summed E-state index contributed by atoms with van der Waals surface area (Å²) in [5, 5.41) is 12.7. The molecule has 2 aromatic heterocycles. The zero-order valence-electron chi connectivity index (χ0n) is 18.4. The summed E-state index contributed by atoms with van der Waals surface area (Å²) in [6, 6.07) is 7.26. The normalized spacial score (nSPS) is 18.3. The van der Waals surface area contributed by atoms with Gasteiger partial charge in [-0.25, -0.2) is 9.97 Å². The Bertz CT molecular complexity index is 963. The Morgan fingerprint density at radius 3 is 2.91 bits per heavy atom. The largest absolute Gasteiger partial charge is 0.481 e. The van der Waals surface area contributed by atoms with E-state index in [1.807, 2.05) is 0 Å². The highest BCUT2D eigenvalue weighted by Crippen LogP contribution is 2.35. The lowest BCUT2D eigenvalue weighted by Crippen LogP contribution is -2.54. The minimum Gasteiger partial charge on any atom is -0.481 e. The molecule has 1 saturated heterocycles. The Hall–Kier alpha value is -3.16. The van der Waals surface area contributed by atoms with Crippen molar-refractivity contribution in [1.82, 2.24) is 14.9 Å². The van der Waals surface area contributed by atoms with E-state index >= 15 is 0 Å². The number of carbonyl (C=O) groups is 2. The number of rotatable bonds is 10. The van der Waals surface area contributed by atoms with Crippen molar-refractivity contribution in [2.45, 2.75) is 51.0 Å². The Morgan fingerprint density at radius 2 is 2.19 bits per heavy atom. The van der Waals surface area contributed by atoms with Crippen LogP contribution >= 0.6 is 0 Å². The summed E-state index contributed by atoms with van der Waals surface area (Å²) in [5.41, 5.74) is 3.10. The van der Waals surface area contributed by atoms with E-state index < -0.39 is 12.0 Å². The van der Waals surface area contributed by atoms with Crippen LogP contribution in [-0.2, 0) is 22.4 Å². The van der Waals surface area contributed by atoms with Crippen molar-refractivity contribution < 1.29 is 19.4 Å². The first-order valence-electron chi connectivity index (χ1n) is 11.3. The zero-order chi connectivity index (χ0) is 22.5. The molecule has 0 aliphatic carbocycles. The molecule has 170 valence electrons. The van der Waals surface area contributed by atoms with Crippen LogP contribution in [0.15, 0.2) is 30.5 Å². The van der Waals surface area contributed by atoms with Crippen molar-refractivity contribution in [3.63, 3.8) is 0 Å². The summed E-state index contributed by atoms with van der Waals surface area (Å²) in [6.45, 7) is 1.57. The molecule has 1 amide bonds. The van der Waals surface area contributed by atoms with Gasteiger partial charge in [0, 0.05) is 31.0 Å². The molecule has 2 aromatic rings. The number of amides is 1. The Labute approximate surface area is 188 Å². The van der Waals surface area contributed by atoms with E-state index in [0.717, 1.165) is 56.6 Å².